The van der Waals surface area contributed by atoms with E-state index in [4.69, 9.17) is 10.1 Å². The number of aromatic nitrogens is 1. The number of aliphatic carboxylic acids is 1. The standard InChI is InChI=1S/C26H24F3NO2S2/c1-15-14-20(12-8-17(15)9-13-23(31)32)33-16(2)21-4-3-5-22-24(21)30-25(34-22)18-6-10-19(11-7-18)26(27,28)29/h3-7,10-12,14,16-17H,8-9,13H2,1-2H3,(H,31,32). The number of thioether (sulfide) groups is 1. The molecule has 2 unspecified atom stereocenters. The van der Waals surface area contributed by atoms with Crippen LogP contribution >= 0.6 is 23.1 Å². The number of alkyl halides is 3. The minimum atomic E-state index is -4.36. The first kappa shape index (κ1) is 24.5. The van der Waals surface area contributed by atoms with Crippen molar-refractivity contribution in [3.8, 4) is 10.6 Å². The first-order valence-electron chi connectivity index (χ1n) is 11.0. The van der Waals surface area contributed by atoms with Crippen molar-refractivity contribution in [2.45, 2.75) is 44.5 Å². The Labute approximate surface area is 204 Å². The number of thiazole rings is 1. The van der Waals surface area contributed by atoms with Crippen LogP contribution in [0.15, 0.2) is 65.1 Å². The molecule has 1 aromatic heterocycles. The van der Waals surface area contributed by atoms with E-state index < -0.39 is 17.7 Å². The monoisotopic (exact) mass is 503 g/mol. The molecule has 1 N–H and O–H groups in total. The molecule has 1 aliphatic rings. The Morgan fingerprint density at radius 3 is 2.62 bits per heavy atom. The topological polar surface area (TPSA) is 50.2 Å². The fourth-order valence-corrected chi connectivity index (χ4v) is 6.24. The van der Waals surface area contributed by atoms with Crippen LogP contribution in [-0.2, 0) is 11.0 Å². The van der Waals surface area contributed by atoms with Crippen molar-refractivity contribution in [1.29, 1.82) is 0 Å². The Hall–Kier alpha value is -2.58. The Kier molecular flexibility index (Phi) is 7.19. The van der Waals surface area contributed by atoms with Crippen molar-refractivity contribution in [1.82, 2.24) is 4.98 Å². The van der Waals surface area contributed by atoms with E-state index in [1.165, 1.54) is 29.0 Å². The number of carboxylic acids is 1. The Bertz CT molecular complexity index is 1260. The number of nitrogens with zero attached hydrogens (tertiary/aromatic N) is 1. The summed E-state index contributed by atoms with van der Waals surface area (Å²) in [5.41, 5.74) is 3.16. The lowest BCUT2D eigenvalue weighted by Gasteiger charge is -2.22. The van der Waals surface area contributed by atoms with Gasteiger partial charge in [0.05, 0.1) is 15.8 Å². The van der Waals surface area contributed by atoms with Crippen LogP contribution in [0, 0.1) is 5.92 Å². The van der Waals surface area contributed by atoms with Gasteiger partial charge in [0, 0.05) is 22.1 Å². The molecule has 0 saturated carbocycles. The van der Waals surface area contributed by atoms with E-state index >= 15 is 0 Å². The van der Waals surface area contributed by atoms with Crippen molar-refractivity contribution in [2.24, 2.45) is 5.92 Å². The number of para-hydroxylation sites is 1. The van der Waals surface area contributed by atoms with E-state index in [1.807, 2.05) is 18.2 Å². The van der Waals surface area contributed by atoms with Gasteiger partial charge in [0.1, 0.15) is 5.01 Å². The minimum Gasteiger partial charge on any atom is -0.481 e. The summed E-state index contributed by atoms with van der Waals surface area (Å²) in [6.45, 7) is 4.18. The highest BCUT2D eigenvalue weighted by Crippen LogP contribution is 2.43. The second-order valence-electron chi connectivity index (χ2n) is 8.41. The summed E-state index contributed by atoms with van der Waals surface area (Å²) in [5.74, 6) is -0.499. The number of hydrogen-bond donors (Lipinski definition) is 1. The molecule has 0 fully saturated rings. The van der Waals surface area contributed by atoms with Crippen LogP contribution in [0.1, 0.15) is 49.5 Å². The lowest BCUT2D eigenvalue weighted by molar-refractivity contribution is -0.138. The van der Waals surface area contributed by atoms with Gasteiger partial charge < -0.3 is 5.11 Å². The molecule has 2 atom stereocenters. The summed E-state index contributed by atoms with van der Waals surface area (Å²) >= 11 is 3.21. The third-order valence-electron chi connectivity index (χ3n) is 5.98. The zero-order valence-corrected chi connectivity index (χ0v) is 20.4. The molecule has 0 aliphatic heterocycles. The van der Waals surface area contributed by atoms with Crippen LogP contribution in [0.2, 0.25) is 0 Å². The summed E-state index contributed by atoms with van der Waals surface area (Å²) in [6, 6.07) is 11.1. The van der Waals surface area contributed by atoms with Gasteiger partial charge in [0.15, 0.2) is 0 Å². The van der Waals surface area contributed by atoms with Gasteiger partial charge in [0.25, 0.3) is 0 Å². The van der Waals surface area contributed by atoms with Crippen LogP contribution in [0.5, 0.6) is 0 Å². The van der Waals surface area contributed by atoms with E-state index in [0.29, 0.717) is 17.0 Å². The fourth-order valence-electron chi connectivity index (χ4n) is 4.06. The summed E-state index contributed by atoms with van der Waals surface area (Å²) in [7, 11) is 0. The fraction of sp³-hybridized carbons (Fsp3) is 0.308. The van der Waals surface area contributed by atoms with Gasteiger partial charge >= 0.3 is 12.1 Å². The van der Waals surface area contributed by atoms with Crippen LogP contribution < -0.4 is 0 Å². The largest absolute Gasteiger partial charge is 0.481 e. The van der Waals surface area contributed by atoms with Gasteiger partial charge in [-0.3, -0.25) is 4.79 Å². The van der Waals surface area contributed by atoms with E-state index in [1.54, 1.807) is 11.8 Å². The molecular weight excluding hydrogens is 479 g/mol. The molecule has 0 bridgehead atoms. The molecule has 0 saturated heterocycles. The normalized spacial score (nSPS) is 17.4. The lowest BCUT2D eigenvalue weighted by Crippen LogP contribution is -2.08. The predicted molar refractivity (Wildman–Crippen MR) is 133 cm³/mol. The molecule has 0 amide bonds. The number of carbonyl (C=O) groups is 1. The van der Waals surface area contributed by atoms with E-state index in [9.17, 15) is 18.0 Å². The van der Waals surface area contributed by atoms with Crippen molar-refractivity contribution < 1.29 is 23.1 Å². The molecule has 34 heavy (non-hydrogen) atoms. The van der Waals surface area contributed by atoms with Gasteiger partial charge in [-0.2, -0.15) is 13.2 Å². The molecule has 0 spiro atoms. The SMILES string of the molecule is CC1=CC(SC(C)c2cccc3sc(-c4ccc(C(F)(F)F)cc4)nc23)=CCC1CCC(=O)O. The quantitative estimate of drug-likeness (QED) is 0.351. The zero-order chi connectivity index (χ0) is 24.5. The highest BCUT2D eigenvalue weighted by Gasteiger charge is 2.30. The third-order valence-corrected chi connectivity index (χ3v) is 8.22. The number of hydrogen-bond acceptors (Lipinski definition) is 4. The smallest absolute Gasteiger partial charge is 0.416 e. The van der Waals surface area contributed by atoms with Gasteiger partial charge in [-0.25, -0.2) is 4.98 Å². The molecule has 3 aromatic rings. The molecule has 0 radical (unpaired) electrons. The van der Waals surface area contributed by atoms with Crippen LogP contribution in [0.25, 0.3) is 20.8 Å². The van der Waals surface area contributed by atoms with Gasteiger partial charge in [0.2, 0.25) is 0 Å². The first-order valence-corrected chi connectivity index (χ1v) is 12.7. The van der Waals surface area contributed by atoms with Crippen LogP contribution in [-0.4, -0.2) is 16.1 Å². The first-order chi connectivity index (χ1) is 16.1. The van der Waals surface area contributed by atoms with Crippen molar-refractivity contribution >= 4 is 39.3 Å². The van der Waals surface area contributed by atoms with Crippen molar-refractivity contribution in [3.05, 3.63) is 76.2 Å². The predicted octanol–water partition coefficient (Wildman–Crippen LogP) is 8.49. The second-order valence-corrected chi connectivity index (χ2v) is 10.9. The third kappa shape index (κ3) is 5.55. The summed E-state index contributed by atoms with van der Waals surface area (Å²) in [6.07, 6.45) is 1.62. The maximum atomic E-state index is 12.9. The number of carboxylic acid groups (broad SMARTS) is 1. The molecule has 178 valence electrons. The minimum absolute atomic E-state index is 0.122. The molecule has 1 heterocycles. The Morgan fingerprint density at radius 2 is 1.97 bits per heavy atom. The summed E-state index contributed by atoms with van der Waals surface area (Å²) < 4.78 is 39.7. The Morgan fingerprint density at radius 1 is 1.24 bits per heavy atom. The molecule has 1 aliphatic carbocycles. The molecule has 2 aromatic carbocycles. The van der Waals surface area contributed by atoms with E-state index in [0.717, 1.165) is 39.2 Å². The molecule has 8 heteroatoms. The van der Waals surface area contributed by atoms with Gasteiger partial charge in [-0.15, -0.1) is 23.1 Å². The van der Waals surface area contributed by atoms with E-state index in [-0.39, 0.29) is 17.6 Å². The van der Waals surface area contributed by atoms with Crippen LogP contribution in [0.4, 0.5) is 13.2 Å². The number of benzene rings is 2. The van der Waals surface area contributed by atoms with Crippen molar-refractivity contribution in [2.75, 3.05) is 0 Å². The van der Waals surface area contributed by atoms with Crippen molar-refractivity contribution in [3.63, 3.8) is 0 Å². The number of rotatable bonds is 7. The molecular formula is C26H24F3NO2S2. The maximum absolute atomic E-state index is 12.9. The summed E-state index contributed by atoms with van der Waals surface area (Å²) in [5, 5.41) is 9.76. The average Bonchev–Trinajstić information content (AvgIpc) is 3.22. The van der Waals surface area contributed by atoms with Gasteiger partial charge in [-0.1, -0.05) is 35.9 Å². The highest BCUT2D eigenvalue weighted by atomic mass is 32.2. The number of halogens is 3. The molecule has 4 rings (SSSR count). The van der Waals surface area contributed by atoms with Crippen LogP contribution in [0.3, 0.4) is 0 Å². The number of fused-ring (bicyclic) bond motifs is 1. The number of allylic oxidation sites excluding steroid dienone is 3. The highest BCUT2D eigenvalue weighted by molar-refractivity contribution is 8.03. The zero-order valence-electron chi connectivity index (χ0n) is 18.7. The second kappa shape index (κ2) is 9.96. The lowest BCUT2D eigenvalue weighted by atomic mass is 9.89. The van der Waals surface area contributed by atoms with Gasteiger partial charge in [-0.05, 0) is 62.4 Å². The Balaban J connectivity index is 1.52. The summed E-state index contributed by atoms with van der Waals surface area (Å²) in [4.78, 5) is 16.8. The maximum Gasteiger partial charge on any atom is 0.416 e. The molecule has 3 nitrogen and oxygen atoms in total. The average molecular weight is 504 g/mol. The van der Waals surface area contributed by atoms with E-state index in [2.05, 4.69) is 26.0 Å².